The highest BCUT2D eigenvalue weighted by molar-refractivity contribution is 7.98. The number of β-amino-alcohol motifs (C(OH)–C–C–N with tert-alkyl or cyclic N) is 1. The summed E-state index contributed by atoms with van der Waals surface area (Å²) in [4.78, 5) is 5.95. The van der Waals surface area contributed by atoms with Crippen LogP contribution in [0, 0.1) is 0 Å². The van der Waals surface area contributed by atoms with E-state index in [1.54, 1.807) is 18.9 Å². The van der Waals surface area contributed by atoms with Gasteiger partial charge in [0.1, 0.15) is 24.2 Å². The van der Waals surface area contributed by atoms with E-state index in [1.807, 2.05) is 30.3 Å². The highest BCUT2D eigenvalue weighted by atomic mass is 32.2. The van der Waals surface area contributed by atoms with E-state index in [2.05, 4.69) is 35.1 Å². The lowest BCUT2D eigenvalue weighted by atomic mass is 10.0. The van der Waals surface area contributed by atoms with E-state index in [4.69, 9.17) is 9.47 Å². The number of hydrogen-bond acceptors (Lipinski definition) is 6. The van der Waals surface area contributed by atoms with Gasteiger partial charge in [0.15, 0.2) is 0 Å². The standard InChI is InChI=1S/C23H32N2O3S/c1-4-24-9-11-25(12-10-24)16-19(26)17-28-21-14-18(13-20(15-21)27-2)22-7-5-6-8-23(22)29-3/h5-8,13-15,19,26H,4,9-12,16-17H2,1-3H3. The Bertz CT molecular complexity index is 778. The SMILES string of the molecule is CCN1CCN(CC(O)COc2cc(OC)cc(-c3ccccc3SC)c2)CC1. The third kappa shape index (κ3) is 6.12. The van der Waals surface area contributed by atoms with Crippen molar-refractivity contribution < 1.29 is 14.6 Å². The van der Waals surface area contributed by atoms with Crippen LogP contribution < -0.4 is 9.47 Å². The Hall–Kier alpha value is -1.73. The van der Waals surface area contributed by atoms with E-state index in [0.29, 0.717) is 12.3 Å². The van der Waals surface area contributed by atoms with Crippen molar-refractivity contribution >= 4 is 11.8 Å². The minimum Gasteiger partial charge on any atom is -0.497 e. The Morgan fingerprint density at radius 1 is 1.03 bits per heavy atom. The molecule has 1 atom stereocenters. The lowest BCUT2D eigenvalue weighted by Gasteiger charge is -2.34. The zero-order valence-corrected chi connectivity index (χ0v) is 18.5. The van der Waals surface area contributed by atoms with Crippen LogP contribution in [0.2, 0.25) is 0 Å². The summed E-state index contributed by atoms with van der Waals surface area (Å²) in [6.07, 6.45) is 1.56. The molecule has 2 aromatic rings. The molecule has 0 saturated carbocycles. The highest BCUT2D eigenvalue weighted by Gasteiger charge is 2.18. The minimum atomic E-state index is -0.517. The topological polar surface area (TPSA) is 45.2 Å². The van der Waals surface area contributed by atoms with Crippen molar-refractivity contribution in [3.8, 4) is 22.6 Å². The van der Waals surface area contributed by atoms with Gasteiger partial charge in [-0.15, -0.1) is 11.8 Å². The van der Waals surface area contributed by atoms with Crippen LogP contribution in [0.25, 0.3) is 11.1 Å². The number of nitrogens with zero attached hydrogens (tertiary/aromatic N) is 2. The first-order valence-corrected chi connectivity index (χ1v) is 11.4. The third-order valence-electron chi connectivity index (χ3n) is 5.36. The Morgan fingerprint density at radius 2 is 1.72 bits per heavy atom. The van der Waals surface area contributed by atoms with Gasteiger partial charge in [-0.1, -0.05) is 25.1 Å². The highest BCUT2D eigenvalue weighted by Crippen LogP contribution is 2.35. The van der Waals surface area contributed by atoms with Gasteiger partial charge in [0.05, 0.1) is 7.11 Å². The Balaban J connectivity index is 1.63. The summed E-state index contributed by atoms with van der Waals surface area (Å²) < 4.78 is 11.4. The molecule has 3 rings (SSSR count). The number of ether oxygens (including phenoxy) is 2. The van der Waals surface area contributed by atoms with Crippen LogP contribution in [-0.4, -0.2) is 80.3 Å². The second-order valence-electron chi connectivity index (χ2n) is 7.30. The fraction of sp³-hybridized carbons (Fsp3) is 0.478. The van der Waals surface area contributed by atoms with Crippen molar-refractivity contribution in [1.82, 2.24) is 9.80 Å². The number of piperazine rings is 1. The monoisotopic (exact) mass is 416 g/mol. The third-order valence-corrected chi connectivity index (χ3v) is 6.15. The molecule has 6 heteroatoms. The van der Waals surface area contributed by atoms with Crippen LogP contribution in [0.5, 0.6) is 11.5 Å². The second kappa shape index (κ2) is 10.9. The number of likely N-dealkylation sites (N-methyl/N-ethyl adjacent to an activating group) is 1. The number of aliphatic hydroxyl groups is 1. The van der Waals surface area contributed by atoms with E-state index in [1.165, 1.54) is 4.90 Å². The summed E-state index contributed by atoms with van der Waals surface area (Å²) in [7, 11) is 1.66. The van der Waals surface area contributed by atoms with Gasteiger partial charge >= 0.3 is 0 Å². The van der Waals surface area contributed by atoms with Gasteiger partial charge in [0, 0.05) is 43.7 Å². The molecule has 1 N–H and O–H groups in total. The molecular formula is C23H32N2O3S. The van der Waals surface area contributed by atoms with Crippen molar-refractivity contribution in [3.63, 3.8) is 0 Å². The molecule has 1 aliphatic rings. The Kier molecular flexibility index (Phi) is 8.24. The summed E-state index contributed by atoms with van der Waals surface area (Å²) in [5.74, 6) is 1.46. The molecule has 2 aromatic carbocycles. The minimum absolute atomic E-state index is 0.269. The average molecular weight is 417 g/mol. The first-order chi connectivity index (χ1) is 14.1. The molecule has 0 bridgehead atoms. The van der Waals surface area contributed by atoms with Gasteiger partial charge < -0.3 is 19.5 Å². The van der Waals surface area contributed by atoms with Gasteiger partial charge in [0.25, 0.3) is 0 Å². The Morgan fingerprint density at radius 3 is 2.41 bits per heavy atom. The average Bonchev–Trinajstić information content (AvgIpc) is 2.78. The number of benzene rings is 2. The van der Waals surface area contributed by atoms with Gasteiger partial charge in [-0.2, -0.15) is 0 Å². The predicted octanol–water partition coefficient (Wildman–Crippen LogP) is 3.46. The first kappa shape index (κ1) is 22.0. The van der Waals surface area contributed by atoms with Crippen molar-refractivity contribution in [3.05, 3.63) is 42.5 Å². The lowest BCUT2D eigenvalue weighted by molar-refractivity contribution is 0.0470. The molecule has 5 nitrogen and oxygen atoms in total. The molecule has 1 heterocycles. The molecule has 0 aliphatic carbocycles. The zero-order chi connectivity index (χ0) is 20.6. The van der Waals surface area contributed by atoms with E-state index in [9.17, 15) is 5.11 Å². The van der Waals surface area contributed by atoms with Gasteiger partial charge in [-0.25, -0.2) is 0 Å². The number of hydrogen-bond donors (Lipinski definition) is 1. The largest absolute Gasteiger partial charge is 0.497 e. The van der Waals surface area contributed by atoms with Gasteiger partial charge in [-0.3, -0.25) is 4.90 Å². The maximum atomic E-state index is 10.5. The quantitative estimate of drug-likeness (QED) is 0.632. The second-order valence-corrected chi connectivity index (χ2v) is 8.15. The smallest absolute Gasteiger partial charge is 0.123 e. The summed E-state index contributed by atoms with van der Waals surface area (Å²) in [5.41, 5.74) is 2.20. The van der Waals surface area contributed by atoms with Crippen molar-refractivity contribution in [2.45, 2.75) is 17.9 Å². The maximum Gasteiger partial charge on any atom is 0.123 e. The zero-order valence-electron chi connectivity index (χ0n) is 17.6. The predicted molar refractivity (Wildman–Crippen MR) is 120 cm³/mol. The summed E-state index contributed by atoms with van der Waals surface area (Å²) in [6.45, 7) is 8.33. The Labute approximate surface area is 178 Å². The molecule has 1 aliphatic heterocycles. The summed E-state index contributed by atoms with van der Waals surface area (Å²) >= 11 is 1.72. The van der Waals surface area contributed by atoms with E-state index >= 15 is 0 Å². The fourth-order valence-corrected chi connectivity index (χ4v) is 4.26. The van der Waals surface area contributed by atoms with Crippen LogP contribution in [0.4, 0.5) is 0 Å². The summed E-state index contributed by atoms with van der Waals surface area (Å²) in [6, 6.07) is 14.2. The van der Waals surface area contributed by atoms with Crippen LogP contribution >= 0.6 is 11.8 Å². The normalized spacial score (nSPS) is 16.6. The van der Waals surface area contributed by atoms with E-state index in [0.717, 1.165) is 49.6 Å². The molecule has 29 heavy (non-hydrogen) atoms. The molecule has 1 fully saturated rings. The van der Waals surface area contributed by atoms with Crippen LogP contribution in [-0.2, 0) is 0 Å². The van der Waals surface area contributed by atoms with Crippen LogP contribution in [0.15, 0.2) is 47.4 Å². The molecule has 1 saturated heterocycles. The molecule has 1 unspecified atom stereocenters. The molecule has 0 amide bonds. The summed E-state index contributed by atoms with van der Waals surface area (Å²) in [5, 5.41) is 10.5. The number of thioether (sulfide) groups is 1. The van der Waals surface area contributed by atoms with E-state index in [-0.39, 0.29) is 6.61 Å². The van der Waals surface area contributed by atoms with E-state index < -0.39 is 6.10 Å². The van der Waals surface area contributed by atoms with Gasteiger partial charge in [-0.05, 0) is 42.1 Å². The molecule has 0 radical (unpaired) electrons. The maximum absolute atomic E-state index is 10.5. The number of methoxy groups -OCH3 is 1. The number of rotatable bonds is 9. The van der Waals surface area contributed by atoms with Crippen molar-refractivity contribution in [2.24, 2.45) is 0 Å². The molecule has 0 aromatic heterocycles. The fourth-order valence-electron chi connectivity index (χ4n) is 3.64. The van der Waals surface area contributed by atoms with Crippen LogP contribution in [0.1, 0.15) is 6.92 Å². The van der Waals surface area contributed by atoms with Gasteiger partial charge in [0.2, 0.25) is 0 Å². The van der Waals surface area contributed by atoms with Crippen LogP contribution in [0.3, 0.4) is 0 Å². The lowest BCUT2D eigenvalue weighted by Crippen LogP contribution is -2.49. The molecular weight excluding hydrogens is 384 g/mol. The van der Waals surface area contributed by atoms with Crippen molar-refractivity contribution in [2.75, 3.05) is 59.2 Å². The van der Waals surface area contributed by atoms with Crippen molar-refractivity contribution in [1.29, 1.82) is 0 Å². The first-order valence-electron chi connectivity index (χ1n) is 10.2. The number of aliphatic hydroxyl groups excluding tert-OH is 1. The molecule has 0 spiro atoms. The molecule has 158 valence electrons.